The van der Waals surface area contributed by atoms with Crippen LogP contribution in [0.4, 0.5) is 0 Å². The maximum atomic E-state index is 13.2. The molecule has 0 aromatic rings. The van der Waals surface area contributed by atoms with Crippen LogP contribution in [0.5, 0.6) is 0 Å². The molecule has 0 unspecified atom stereocenters. The fourth-order valence-corrected chi connectivity index (χ4v) is 11.1. The first-order chi connectivity index (χ1) is 40.3. The molecular weight excluding hydrogens is 1020 g/mol. The van der Waals surface area contributed by atoms with Crippen molar-refractivity contribution in [2.45, 2.75) is 330 Å². The van der Waals surface area contributed by atoms with Crippen LogP contribution in [0.15, 0.2) is 0 Å². The Bertz CT molecular complexity index is 1310. The van der Waals surface area contributed by atoms with Gasteiger partial charge in [0.15, 0.2) is 0 Å². The van der Waals surface area contributed by atoms with Gasteiger partial charge in [-0.15, -0.1) is 0 Å². The molecule has 0 aromatic heterocycles. The highest BCUT2D eigenvalue weighted by Gasteiger charge is 2.15. The van der Waals surface area contributed by atoms with Gasteiger partial charge in [0.25, 0.3) is 0 Å². The Balaban J connectivity index is 5.29. The largest absolute Gasteiger partial charge is 0.356 e. The lowest BCUT2D eigenvalue weighted by molar-refractivity contribution is -0.122. The zero-order chi connectivity index (χ0) is 59.7. The van der Waals surface area contributed by atoms with Crippen molar-refractivity contribution >= 4 is 23.6 Å². The van der Waals surface area contributed by atoms with E-state index in [-0.39, 0.29) is 23.6 Å². The van der Waals surface area contributed by atoms with Crippen molar-refractivity contribution < 1.29 is 19.2 Å². The average molecular weight is 1160 g/mol. The van der Waals surface area contributed by atoms with Crippen molar-refractivity contribution in [3.8, 4) is 0 Å². The number of carbonyl (C=O) groups is 4. The van der Waals surface area contributed by atoms with Crippen molar-refractivity contribution in [1.82, 2.24) is 41.3 Å². The van der Waals surface area contributed by atoms with Crippen LogP contribution in [0.2, 0.25) is 0 Å². The van der Waals surface area contributed by atoms with Crippen LogP contribution < -0.4 is 26.6 Å². The van der Waals surface area contributed by atoms with Gasteiger partial charge >= 0.3 is 0 Å². The summed E-state index contributed by atoms with van der Waals surface area (Å²) in [5.41, 5.74) is 0. The van der Waals surface area contributed by atoms with Gasteiger partial charge in [0.2, 0.25) is 23.6 Å². The summed E-state index contributed by atoms with van der Waals surface area (Å²) in [5, 5.41) is 16.5. The number of nitrogens with one attached hydrogen (secondary N) is 5. The Morgan fingerprint density at radius 1 is 0.207 bits per heavy atom. The lowest BCUT2D eigenvalue weighted by Crippen LogP contribution is -2.42. The first kappa shape index (κ1) is 79.7. The van der Waals surface area contributed by atoms with Crippen molar-refractivity contribution in [2.24, 2.45) is 0 Å². The molecule has 82 heavy (non-hydrogen) atoms. The van der Waals surface area contributed by atoms with E-state index in [1.165, 1.54) is 238 Å². The van der Waals surface area contributed by atoms with Crippen molar-refractivity contribution in [3.63, 3.8) is 0 Å². The van der Waals surface area contributed by atoms with Gasteiger partial charge in [-0.05, 0) is 38.6 Å². The van der Waals surface area contributed by atoms with E-state index in [0.717, 1.165) is 111 Å². The Kier molecular flexibility index (Phi) is 64.4. The molecule has 486 valence electrons. The fraction of sp³-hybridized carbons (Fsp3) is 0.943. The van der Waals surface area contributed by atoms with E-state index in [4.69, 9.17) is 0 Å². The molecule has 12 heteroatoms. The standard InChI is InChI=1S/C70H142N8O4/c1-6-11-15-19-23-27-31-35-39-43-47-55-75-70(82)51-62-78(66-65-76(58-10-5)59-48-67(79)72-52-44-40-36-32-28-24-20-16-12-7-2)64-57-71-56-63-77(60-49-68(80)73-53-45-41-37-33-29-25-21-17-13-8-3)61-50-69(81)74-54-46-42-38-34-30-26-22-18-14-9-4/h71H,6-66H2,1-5H3,(H,72,79)(H,73,80)(H,74,81)(H,75,82). The molecule has 0 aliphatic carbocycles. The highest BCUT2D eigenvalue weighted by Crippen LogP contribution is 2.14. The molecule has 0 saturated heterocycles. The number of rotatable bonds is 68. The number of carbonyl (C=O) groups excluding carboxylic acids is 4. The molecule has 0 atom stereocenters. The van der Waals surface area contributed by atoms with Crippen LogP contribution in [0, 0.1) is 0 Å². The SMILES string of the molecule is CCCCCCCCCCCCCNC(=O)CCN(CCNCCN(CCC(=O)NCCCCCCCCCCCC)CCC(=O)NCCCCCCCCCCCC)CCN(CCC)CCC(=O)NCCCCCCCCCCCC. The summed E-state index contributed by atoms with van der Waals surface area (Å²) in [4.78, 5) is 59.3. The van der Waals surface area contributed by atoms with Crippen LogP contribution in [0.3, 0.4) is 0 Å². The smallest absolute Gasteiger partial charge is 0.221 e. The Hall–Kier alpha value is -2.28. The summed E-state index contributed by atoms with van der Waals surface area (Å²) >= 11 is 0. The summed E-state index contributed by atoms with van der Waals surface area (Å²) in [5.74, 6) is 0.474. The molecule has 12 nitrogen and oxygen atoms in total. The van der Waals surface area contributed by atoms with Gasteiger partial charge < -0.3 is 41.3 Å². The highest BCUT2D eigenvalue weighted by atomic mass is 16.2. The van der Waals surface area contributed by atoms with Crippen molar-refractivity contribution in [3.05, 3.63) is 0 Å². The molecule has 0 aliphatic rings. The summed E-state index contributed by atoms with van der Waals surface area (Å²) in [6.45, 7) is 22.7. The number of hydrogen-bond acceptors (Lipinski definition) is 8. The topological polar surface area (TPSA) is 138 Å². The molecular formula is C70H142N8O4. The molecule has 5 N–H and O–H groups in total. The minimum Gasteiger partial charge on any atom is -0.356 e. The lowest BCUT2D eigenvalue weighted by Gasteiger charge is -2.28. The molecule has 0 aliphatic heterocycles. The van der Waals surface area contributed by atoms with Crippen LogP contribution in [-0.4, -0.2) is 136 Å². The van der Waals surface area contributed by atoms with Gasteiger partial charge in [0.1, 0.15) is 0 Å². The van der Waals surface area contributed by atoms with Gasteiger partial charge in [-0.1, -0.05) is 272 Å². The molecule has 0 aromatic carbocycles. The fourth-order valence-electron chi connectivity index (χ4n) is 11.1. The van der Waals surface area contributed by atoms with E-state index in [2.05, 4.69) is 75.9 Å². The highest BCUT2D eigenvalue weighted by molar-refractivity contribution is 5.77. The Morgan fingerprint density at radius 3 is 0.622 bits per heavy atom. The summed E-state index contributed by atoms with van der Waals surface area (Å²) in [6, 6.07) is 0. The second kappa shape index (κ2) is 66.2. The van der Waals surface area contributed by atoms with Gasteiger partial charge in [0.05, 0.1) is 0 Å². The third kappa shape index (κ3) is 60.8. The summed E-state index contributed by atoms with van der Waals surface area (Å²) in [7, 11) is 0. The second-order valence-corrected chi connectivity index (χ2v) is 24.8. The van der Waals surface area contributed by atoms with E-state index in [1.807, 2.05) is 0 Å². The summed E-state index contributed by atoms with van der Waals surface area (Å²) in [6.07, 6.45) is 55.7. The minimum atomic E-state index is 0.0971. The maximum Gasteiger partial charge on any atom is 0.221 e. The molecule has 0 spiro atoms. The summed E-state index contributed by atoms with van der Waals surface area (Å²) < 4.78 is 0. The predicted octanol–water partition coefficient (Wildman–Crippen LogP) is 16.0. The Morgan fingerprint density at radius 2 is 0.402 bits per heavy atom. The number of unbranched alkanes of at least 4 members (excludes halogenated alkanes) is 37. The van der Waals surface area contributed by atoms with E-state index in [9.17, 15) is 19.2 Å². The quantitative estimate of drug-likeness (QED) is 0.0380. The zero-order valence-corrected chi connectivity index (χ0v) is 55.6. The van der Waals surface area contributed by atoms with Crippen LogP contribution in [0.25, 0.3) is 0 Å². The second-order valence-electron chi connectivity index (χ2n) is 24.8. The Labute approximate surface area is 510 Å². The molecule has 0 bridgehead atoms. The number of nitrogens with zero attached hydrogens (tertiary/aromatic N) is 3. The molecule has 4 amide bonds. The maximum absolute atomic E-state index is 13.2. The molecule has 0 saturated carbocycles. The number of hydrogen-bond donors (Lipinski definition) is 5. The zero-order valence-electron chi connectivity index (χ0n) is 55.6. The van der Waals surface area contributed by atoms with E-state index < -0.39 is 0 Å². The lowest BCUT2D eigenvalue weighted by atomic mass is 10.1. The van der Waals surface area contributed by atoms with E-state index in [1.54, 1.807) is 0 Å². The van der Waals surface area contributed by atoms with Crippen molar-refractivity contribution in [1.29, 1.82) is 0 Å². The van der Waals surface area contributed by atoms with E-state index in [0.29, 0.717) is 45.3 Å². The normalized spacial score (nSPS) is 11.6. The number of amides is 4. The van der Waals surface area contributed by atoms with Gasteiger partial charge in [-0.25, -0.2) is 0 Å². The van der Waals surface area contributed by atoms with Gasteiger partial charge in [-0.3, -0.25) is 19.2 Å². The van der Waals surface area contributed by atoms with Gasteiger partial charge in [-0.2, -0.15) is 0 Å². The third-order valence-corrected chi connectivity index (χ3v) is 16.8. The predicted molar refractivity (Wildman–Crippen MR) is 355 cm³/mol. The molecule has 0 rings (SSSR count). The van der Waals surface area contributed by atoms with Crippen LogP contribution >= 0.6 is 0 Å². The van der Waals surface area contributed by atoms with Gasteiger partial charge in [0, 0.05) is 117 Å². The first-order valence-corrected chi connectivity index (χ1v) is 36.2. The monoisotopic (exact) mass is 1160 g/mol. The van der Waals surface area contributed by atoms with Crippen LogP contribution in [-0.2, 0) is 19.2 Å². The van der Waals surface area contributed by atoms with E-state index >= 15 is 0 Å². The molecule has 0 radical (unpaired) electrons. The first-order valence-electron chi connectivity index (χ1n) is 36.2. The average Bonchev–Trinajstić information content (AvgIpc) is 3.48. The molecule has 0 fully saturated rings. The third-order valence-electron chi connectivity index (χ3n) is 16.8. The molecule has 0 heterocycles. The van der Waals surface area contributed by atoms with Crippen LogP contribution in [0.1, 0.15) is 330 Å². The minimum absolute atomic E-state index is 0.0971. The van der Waals surface area contributed by atoms with Crippen molar-refractivity contribution in [2.75, 3.05) is 98.2 Å².